The number of carboxylic acids is 2. The van der Waals surface area contributed by atoms with Gasteiger partial charge in [0.2, 0.25) is 0 Å². The third kappa shape index (κ3) is 6.56. The molecule has 1 aromatic heterocycles. The molecule has 8 rings (SSSR count). The van der Waals surface area contributed by atoms with E-state index in [1.165, 1.54) is 19.3 Å². The fraction of sp³-hybridized carbons (Fsp3) is 0.558. The summed E-state index contributed by atoms with van der Waals surface area (Å²) in [6.07, 6.45) is 13.0. The molecular formula is C43H54N4O6. The fourth-order valence-corrected chi connectivity index (χ4v) is 11.4. The molecule has 2 atom stereocenters. The molecule has 3 aliphatic heterocycles. The van der Waals surface area contributed by atoms with Gasteiger partial charge in [-0.1, -0.05) is 13.8 Å². The fourth-order valence-electron chi connectivity index (χ4n) is 11.4. The van der Waals surface area contributed by atoms with Gasteiger partial charge in [0.15, 0.2) is 0 Å². The maximum absolute atomic E-state index is 12.7. The molecule has 5 N–H and O–H groups in total. The van der Waals surface area contributed by atoms with Gasteiger partial charge in [-0.2, -0.15) is 0 Å². The Balaban J connectivity index is 1.44. The number of carbonyl (C=O) groups excluding carboxylic acids is 2. The first kappa shape index (κ1) is 36.9. The maximum Gasteiger partial charge on any atom is 0.303 e. The molecule has 7 aliphatic rings. The van der Waals surface area contributed by atoms with Gasteiger partial charge in [-0.05, 0) is 161 Å². The van der Waals surface area contributed by atoms with E-state index in [1.54, 1.807) is 0 Å². The minimum absolute atomic E-state index is 0.0236. The standard InChI is InChI=1S/C43H54N4O6/c1-7-28-23(5)41(52)46-34(28)16-32-21(3)30(9-11-36(48)49)39(44-32)38(43-18-25-13-26(19-43)15-27(14-25)20-43)40-31(10-12-37(50)51)22(4)33(45-40)17-35-29(8-2)24(6)42(53)47-35/h16-17,25-27,38-39,45H,7-15,18-20H2,1-6H3,(H,46,52)(H,47,53)(H,48,49)(H,50,51)/b34-16-,35-17-. The van der Waals surface area contributed by atoms with Crippen LogP contribution in [0.5, 0.6) is 0 Å². The third-order valence-corrected chi connectivity index (χ3v) is 13.5. The molecule has 0 aromatic carbocycles. The number of carboxylic acid groups (broad SMARTS) is 2. The third-order valence-electron chi connectivity index (χ3n) is 13.5. The van der Waals surface area contributed by atoms with E-state index in [0.717, 1.165) is 81.2 Å². The number of nitrogens with one attached hydrogen (secondary N) is 3. The number of H-pyrrole nitrogens is 1. The molecule has 4 saturated carbocycles. The summed E-state index contributed by atoms with van der Waals surface area (Å²) >= 11 is 0. The van der Waals surface area contributed by atoms with Crippen LogP contribution in [-0.4, -0.2) is 50.7 Å². The van der Waals surface area contributed by atoms with Crippen molar-refractivity contribution in [2.24, 2.45) is 28.2 Å². The molecule has 4 bridgehead atoms. The molecule has 10 nitrogen and oxygen atoms in total. The first-order valence-electron chi connectivity index (χ1n) is 19.6. The first-order chi connectivity index (χ1) is 25.2. The highest BCUT2D eigenvalue weighted by Gasteiger charge is 2.58. The minimum atomic E-state index is -0.864. The van der Waals surface area contributed by atoms with Gasteiger partial charge < -0.3 is 25.8 Å². The van der Waals surface area contributed by atoms with Crippen molar-refractivity contribution in [3.05, 3.63) is 73.4 Å². The molecule has 2 amide bonds. The lowest BCUT2D eigenvalue weighted by Gasteiger charge is -2.60. The average Bonchev–Trinajstić information content (AvgIpc) is 3.74. The summed E-state index contributed by atoms with van der Waals surface area (Å²) in [6, 6.07) is -0.355. The zero-order valence-corrected chi connectivity index (χ0v) is 32.0. The summed E-state index contributed by atoms with van der Waals surface area (Å²) in [5.74, 6) is -0.181. The molecule has 1 aromatic rings. The highest BCUT2D eigenvalue weighted by molar-refractivity contribution is 6.12. The van der Waals surface area contributed by atoms with Gasteiger partial charge >= 0.3 is 11.9 Å². The molecule has 0 saturated heterocycles. The van der Waals surface area contributed by atoms with Gasteiger partial charge in [0.05, 0.1) is 11.8 Å². The molecule has 4 fully saturated rings. The summed E-state index contributed by atoms with van der Waals surface area (Å²) in [5.41, 5.74) is 11.3. The molecule has 10 heteroatoms. The SMILES string of the molecule is CCC1=C(C)C(=O)N/C1=C\C1=NC(C(c2[nH]c(/C=C3\NC(=O)C(C)=C3CC)c(C)c2CCC(=O)O)C23CC4CC(CC(C4)C2)C3)C(CCC(=O)O)=C1C. The molecule has 4 aliphatic carbocycles. The Hall–Kier alpha value is -4.47. The van der Waals surface area contributed by atoms with Crippen LogP contribution in [0.2, 0.25) is 0 Å². The average molecular weight is 723 g/mol. The maximum atomic E-state index is 12.7. The van der Waals surface area contributed by atoms with E-state index in [1.807, 2.05) is 53.7 Å². The number of rotatable bonds is 13. The van der Waals surface area contributed by atoms with Crippen LogP contribution in [0, 0.1) is 30.1 Å². The summed E-state index contributed by atoms with van der Waals surface area (Å²) in [7, 11) is 0. The van der Waals surface area contributed by atoms with Gasteiger partial charge in [0.1, 0.15) is 0 Å². The zero-order chi connectivity index (χ0) is 37.9. The van der Waals surface area contributed by atoms with Gasteiger partial charge in [-0.3, -0.25) is 24.2 Å². The second kappa shape index (κ2) is 14.1. The lowest BCUT2D eigenvalue weighted by Crippen LogP contribution is -2.51. The van der Waals surface area contributed by atoms with Crippen LogP contribution in [0.4, 0.5) is 0 Å². The van der Waals surface area contributed by atoms with Crippen molar-refractivity contribution < 1.29 is 29.4 Å². The number of nitrogens with zero attached hydrogens (tertiary/aromatic N) is 1. The quantitative estimate of drug-likeness (QED) is 0.141. The van der Waals surface area contributed by atoms with Crippen molar-refractivity contribution >= 4 is 35.5 Å². The minimum Gasteiger partial charge on any atom is -0.481 e. The van der Waals surface area contributed by atoms with Crippen LogP contribution in [0.25, 0.3) is 6.08 Å². The highest BCUT2D eigenvalue weighted by Crippen LogP contribution is 2.66. The zero-order valence-electron chi connectivity index (χ0n) is 32.0. The lowest BCUT2D eigenvalue weighted by molar-refractivity contribution is -0.138. The Morgan fingerprint density at radius 3 is 1.81 bits per heavy atom. The number of hydrogen-bond acceptors (Lipinski definition) is 5. The van der Waals surface area contributed by atoms with E-state index in [9.17, 15) is 29.4 Å². The number of aromatic nitrogens is 1. The van der Waals surface area contributed by atoms with Gasteiger partial charge in [0, 0.05) is 52.7 Å². The van der Waals surface area contributed by atoms with Crippen LogP contribution in [0.15, 0.2) is 55.9 Å². The van der Waals surface area contributed by atoms with Crippen LogP contribution in [0.3, 0.4) is 0 Å². The monoisotopic (exact) mass is 722 g/mol. The van der Waals surface area contributed by atoms with E-state index in [0.29, 0.717) is 54.6 Å². The number of aliphatic carboxylic acids is 2. The van der Waals surface area contributed by atoms with E-state index in [4.69, 9.17) is 4.99 Å². The van der Waals surface area contributed by atoms with Gasteiger partial charge in [0.25, 0.3) is 11.8 Å². The summed E-state index contributed by atoms with van der Waals surface area (Å²) in [5, 5.41) is 26.0. The smallest absolute Gasteiger partial charge is 0.303 e. The van der Waals surface area contributed by atoms with Crippen LogP contribution in [-0.2, 0) is 25.6 Å². The Labute approximate surface area is 312 Å². The normalized spacial score (nSPS) is 30.0. The Kier molecular flexibility index (Phi) is 9.79. The molecule has 53 heavy (non-hydrogen) atoms. The van der Waals surface area contributed by atoms with Crippen LogP contribution < -0.4 is 10.6 Å². The molecule has 0 spiro atoms. The predicted molar refractivity (Wildman–Crippen MR) is 204 cm³/mol. The topological polar surface area (TPSA) is 161 Å². The van der Waals surface area contributed by atoms with E-state index in [-0.39, 0.29) is 42.0 Å². The molecule has 2 unspecified atom stereocenters. The predicted octanol–water partition coefficient (Wildman–Crippen LogP) is 7.58. The summed E-state index contributed by atoms with van der Waals surface area (Å²) in [4.78, 5) is 59.2. The Morgan fingerprint density at radius 2 is 1.30 bits per heavy atom. The van der Waals surface area contributed by atoms with Crippen molar-refractivity contribution in [3.63, 3.8) is 0 Å². The van der Waals surface area contributed by atoms with E-state index < -0.39 is 11.9 Å². The van der Waals surface area contributed by atoms with Crippen molar-refractivity contribution in [1.82, 2.24) is 15.6 Å². The lowest BCUT2D eigenvalue weighted by atomic mass is 9.45. The van der Waals surface area contributed by atoms with Crippen molar-refractivity contribution in [2.45, 2.75) is 131 Å². The van der Waals surface area contributed by atoms with Gasteiger partial charge in [-0.25, -0.2) is 0 Å². The largest absolute Gasteiger partial charge is 0.481 e. The number of aromatic amines is 1. The first-order valence-corrected chi connectivity index (χ1v) is 19.6. The van der Waals surface area contributed by atoms with Gasteiger partial charge in [-0.15, -0.1) is 0 Å². The number of amides is 2. The number of carbonyl (C=O) groups is 4. The second-order valence-electron chi connectivity index (χ2n) is 16.6. The van der Waals surface area contributed by atoms with E-state index >= 15 is 0 Å². The Morgan fingerprint density at radius 1 is 0.792 bits per heavy atom. The van der Waals surface area contributed by atoms with E-state index in [2.05, 4.69) is 15.6 Å². The number of hydrogen-bond donors (Lipinski definition) is 5. The highest BCUT2D eigenvalue weighted by atomic mass is 16.4. The van der Waals surface area contributed by atoms with Crippen molar-refractivity contribution in [2.75, 3.05) is 0 Å². The number of aliphatic imine (C=N–C) groups is 1. The van der Waals surface area contributed by atoms with Crippen molar-refractivity contribution in [3.8, 4) is 0 Å². The van der Waals surface area contributed by atoms with Crippen molar-refractivity contribution in [1.29, 1.82) is 0 Å². The second-order valence-corrected chi connectivity index (χ2v) is 16.6. The molecule has 0 radical (unpaired) electrons. The summed E-state index contributed by atoms with van der Waals surface area (Å²) in [6.45, 7) is 11.8. The molecule has 282 valence electrons. The van der Waals surface area contributed by atoms with Crippen LogP contribution >= 0.6 is 0 Å². The van der Waals surface area contributed by atoms with Crippen LogP contribution in [0.1, 0.15) is 134 Å². The summed E-state index contributed by atoms with van der Waals surface area (Å²) < 4.78 is 0. The Bertz CT molecular complexity index is 1950. The molecular weight excluding hydrogens is 668 g/mol. The molecule has 4 heterocycles. The number of allylic oxidation sites excluding steroid dienone is 4.